The molecule has 1 heterocycles. The van der Waals surface area contributed by atoms with Crippen molar-refractivity contribution in [2.75, 3.05) is 11.9 Å². The van der Waals surface area contributed by atoms with Crippen LogP contribution in [0.15, 0.2) is 59.6 Å². The van der Waals surface area contributed by atoms with E-state index in [1.54, 1.807) is 13.0 Å². The van der Waals surface area contributed by atoms with Gasteiger partial charge in [-0.3, -0.25) is 4.99 Å². The lowest BCUT2D eigenvalue weighted by molar-refractivity contribution is -0.137. The summed E-state index contributed by atoms with van der Waals surface area (Å²) in [4.78, 5) is 22.0. The number of carbonyl (C=O) groups excluding carboxylic acids is 1. The average molecular weight is 500 g/mol. The van der Waals surface area contributed by atoms with Crippen LogP contribution < -0.4 is 5.32 Å². The first kappa shape index (κ1) is 28.1. The van der Waals surface area contributed by atoms with E-state index in [4.69, 9.17) is 14.7 Å². The van der Waals surface area contributed by atoms with Gasteiger partial charge in [-0.1, -0.05) is 70.4 Å². The fourth-order valence-corrected chi connectivity index (χ4v) is 4.69. The van der Waals surface area contributed by atoms with Crippen LogP contribution in [0.4, 0.5) is 17.2 Å². The smallest absolute Gasteiger partial charge is 0.330 e. The zero-order valence-electron chi connectivity index (χ0n) is 23.0. The minimum Gasteiger partial charge on any atom is -0.463 e. The SMILES string of the molecule is CCCC(=Nc1c(Nc2ccc(/C=C/C(=O)OCC)cc2)nc2ccccc2c1C)C(CCC)CCC. The Kier molecular flexibility index (Phi) is 10.9. The van der Waals surface area contributed by atoms with Crippen LogP contribution in [0.1, 0.15) is 77.3 Å². The number of pyridine rings is 1. The summed E-state index contributed by atoms with van der Waals surface area (Å²) >= 11 is 0. The molecule has 0 aliphatic heterocycles. The molecule has 0 atom stereocenters. The highest BCUT2D eigenvalue weighted by molar-refractivity contribution is 5.96. The van der Waals surface area contributed by atoms with Crippen LogP contribution in [0.3, 0.4) is 0 Å². The molecule has 0 spiro atoms. The maximum Gasteiger partial charge on any atom is 0.330 e. The Hall–Kier alpha value is -3.47. The number of rotatable bonds is 13. The van der Waals surface area contributed by atoms with Gasteiger partial charge in [0.2, 0.25) is 0 Å². The zero-order chi connectivity index (χ0) is 26.6. The summed E-state index contributed by atoms with van der Waals surface area (Å²) < 4.78 is 4.96. The number of esters is 1. The molecule has 0 unspecified atom stereocenters. The standard InChI is InChI=1S/C32H41N3O2/c1-6-12-25(13-7-2)28(14-8-3)34-31-23(5)27-15-10-11-16-29(27)35-32(31)33-26-20-17-24(18-21-26)19-22-30(36)37-9-4/h10-11,15-22,25H,6-9,12-14H2,1-5H3,(H,33,35)/b22-19+,34-28?. The molecule has 0 aliphatic carbocycles. The maximum atomic E-state index is 11.6. The van der Waals surface area contributed by atoms with E-state index in [9.17, 15) is 4.79 Å². The summed E-state index contributed by atoms with van der Waals surface area (Å²) in [5.74, 6) is 0.931. The first-order valence-electron chi connectivity index (χ1n) is 13.7. The number of benzene rings is 2. The summed E-state index contributed by atoms with van der Waals surface area (Å²) in [5.41, 5.74) is 6.14. The number of nitrogens with zero attached hydrogens (tertiary/aromatic N) is 2. The van der Waals surface area contributed by atoms with Gasteiger partial charge in [0.1, 0.15) is 5.69 Å². The number of ether oxygens (including phenoxy) is 1. The van der Waals surface area contributed by atoms with E-state index in [-0.39, 0.29) is 5.97 Å². The molecule has 3 rings (SSSR count). The monoisotopic (exact) mass is 499 g/mol. The third kappa shape index (κ3) is 7.75. The molecule has 5 heteroatoms. The fraction of sp³-hybridized carbons (Fsp3) is 0.406. The lowest BCUT2D eigenvalue weighted by atomic mass is 9.90. The minimum absolute atomic E-state index is 0.338. The van der Waals surface area contributed by atoms with Gasteiger partial charge >= 0.3 is 5.97 Å². The maximum absolute atomic E-state index is 11.6. The Morgan fingerprint density at radius 1 is 1.00 bits per heavy atom. The second-order valence-corrected chi connectivity index (χ2v) is 9.41. The second kappa shape index (κ2) is 14.3. The summed E-state index contributed by atoms with van der Waals surface area (Å²) in [6.07, 6.45) is 9.92. The predicted molar refractivity (Wildman–Crippen MR) is 157 cm³/mol. The molecule has 3 aromatic rings. The van der Waals surface area contributed by atoms with Crippen molar-refractivity contribution in [3.63, 3.8) is 0 Å². The van der Waals surface area contributed by atoms with Crippen LogP contribution in [0, 0.1) is 12.8 Å². The van der Waals surface area contributed by atoms with Crippen LogP contribution in [-0.2, 0) is 9.53 Å². The van der Waals surface area contributed by atoms with Crippen LogP contribution in [0.25, 0.3) is 17.0 Å². The Labute approximate surface area is 222 Å². The molecule has 0 saturated heterocycles. The topological polar surface area (TPSA) is 63.6 Å². The second-order valence-electron chi connectivity index (χ2n) is 9.41. The van der Waals surface area contributed by atoms with Crippen molar-refractivity contribution in [1.29, 1.82) is 0 Å². The van der Waals surface area contributed by atoms with E-state index >= 15 is 0 Å². The number of aryl methyl sites for hydroxylation is 1. The molecule has 1 N–H and O–H groups in total. The van der Waals surface area contributed by atoms with E-state index in [1.165, 1.54) is 11.8 Å². The Bertz CT molecular complexity index is 1220. The van der Waals surface area contributed by atoms with Crippen molar-refractivity contribution >= 4 is 45.9 Å². The summed E-state index contributed by atoms with van der Waals surface area (Å²) in [5, 5.41) is 4.66. The van der Waals surface area contributed by atoms with E-state index in [0.717, 1.165) is 77.7 Å². The van der Waals surface area contributed by atoms with E-state index in [1.807, 2.05) is 36.4 Å². The molecule has 0 radical (unpaired) electrons. The summed E-state index contributed by atoms with van der Waals surface area (Å²) in [7, 11) is 0. The van der Waals surface area contributed by atoms with Crippen LogP contribution in [0.5, 0.6) is 0 Å². The number of carbonyl (C=O) groups is 1. The number of para-hydroxylation sites is 1. The Morgan fingerprint density at radius 3 is 2.35 bits per heavy atom. The van der Waals surface area contributed by atoms with Crippen LogP contribution in [0.2, 0.25) is 0 Å². The third-order valence-corrected chi connectivity index (χ3v) is 6.50. The van der Waals surface area contributed by atoms with Gasteiger partial charge in [0, 0.05) is 22.9 Å². The molecule has 0 bridgehead atoms. The average Bonchev–Trinajstić information content (AvgIpc) is 2.90. The molecule has 2 aromatic carbocycles. The number of hydrogen-bond acceptors (Lipinski definition) is 5. The third-order valence-electron chi connectivity index (χ3n) is 6.50. The van der Waals surface area contributed by atoms with Gasteiger partial charge in [-0.2, -0.15) is 0 Å². The van der Waals surface area contributed by atoms with E-state index in [0.29, 0.717) is 12.5 Å². The van der Waals surface area contributed by atoms with Gasteiger partial charge in [-0.15, -0.1) is 0 Å². The molecule has 0 saturated carbocycles. The van der Waals surface area contributed by atoms with Gasteiger partial charge in [-0.05, 0) is 74.4 Å². The lowest BCUT2D eigenvalue weighted by Gasteiger charge is -2.20. The first-order valence-corrected chi connectivity index (χ1v) is 13.7. The number of anilines is 2. The number of fused-ring (bicyclic) bond motifs is 1. The van der Waals surface area contributed by atoms with Crippen molar-refractivity contribution in [2.45, 2.75) is 73.1 Å². The summed E-state index contributed by atoms with van der Waals surface area (Å²) in [6, 6.07) is 16.2. The molecule has 1 aromatic heterocycles. The van der Waals surface area contributed by atoms with Gasteiger partial charge in [-0.25, -0.2) is 9.78 Å². The Morgan fingerprint density at radius 2 is 1.70 bits per heavy atom. The fourth-order valence-electron chi connectivity index (χ4n) is 4.69. The quantitative estimate of drug-likeness (QED) is 0.145. The molecule has 37 heavy (non-hydrogen) atoms. The molecule has 5 nitrogen and oxygen atoms in total. The van der Waals surface area contributed by atoms with Crippen molar-refractivity contribution in [2.24, 2.45) is 10.9 Å². The normalized spacial score (nSPS) is 12.0. The molecular formula is C32H41N3O2. The highest BCUT2D eigenvalue weighted by Gasteiger charge is 2.18. The molecule has 0 fully saturated rings. The highest BCUT2D eigenvalue weighted by Crippen LogP contribution is 2.36. The van der Waals surface area contributed by atoms with Crippen molar-refractivity contribution in [3.8, 4) is 0 Å². The van der Waals surface area contributed by atoms with E-state index in [2.05, 4.69) is 45.1 Å². The molecular weight excluding hydrogens is 458 g/mol. The molecule has 0 aliphatic rings. The van der Waals surface area contributed by atoms with Gasteiger partial charge < -0.3 is 10.1 Å². The van der Waals surface area contributed by atoms with Crippen LogP contribution in [-0.4, -0.2) is 23.3 Å². The Balaban J connectivity index is 2.02. The highest BCUT2D eigenvalue weighted by atomic mass is 16.5. The van der Waals surface area contributed by atoms with Crippen molar-refractivity contribution in [3.05, 3.63) is 65.7 Å². The minimum atomic E-state index is -0.338. The zero-order valence-corrected chi connectivity index (χ0v) is 23.0. The number of nitrogens with one attached hydrogen (secondary N) is 1. The molecule has 0 amide bonds. The van der Waals surface area contributed by atoms with E-state index < -0.39 is 0 Å². The predicted octanol–water partition coefficient (Wildman–Crippen LogP) is 8.95. The van der Waals surface area contributed by atoms with Gasteiger partial charge in [0.05, 0.1) is 12.1 Å². The van der Waals surface area contributed by atoms with Crippen molar-refractivity contribution < 1.29 is 9.53 Å². The van der Waals surface area contributed by atoms with Crippen molar-refractivity contribution in [1.82, 2.24) is 4.98 Å². The van der Waals surface area contributed by atoms with Gasteiger partial charge in [0.15, 0.2) is 5.82 Å². The van der Waals surface area contributed by atoms with Crippen LogP contribution >= 0.6 is 0 Å². The largest absolute Gasteiger partial charge is 0.463 e. The number of hydrogen-bond donors (Lipinski definition) is 1. The molecule has 196 valence electrons. The van der Waals surface area contributed by atoms with Gasteiger partial charge in [0.25, 0.3) is 0 Å². The first-order chi connectivity index (χ1) is 18.0. The number of aromatic nitrogens is 1. The summed E-state index contributed by atoms with van der Waals surface area (Å²) in [6.45, 7) is 11.1. The lowest BCUT2D eigenvalue weighted by Crippen LogP contribution is -2.14. The number of aliphatic imine (C=N–C) groups is 1.